The zero-order valence-corrected chi connectivity index (χ0v) is 12.4. The van der Waals surface area contributed by atoms with Crippen LogP contribution >= 0.6 is 0 Å². The molecule has 1 N–H and O–H groups in total. The smallest absolute Gasteiger partial charge is 0.222 e. The highest BCUT2D eigenvalue weighted by Gasteiger charge is 2.15. The quantitative estimate of drug-likeness (QED) is 0.745. The van der Waals surface area contributed by atoms with Gasteiger partial charge in [-0.25, -0.2) is 4.98 Å². The highest BCUT2D eigenvalue weighted by molar-refractivity contribution is 5.76. The van der Waals surface area contributed by atoms with Crippen molar-refractivity contribution in [3.05, 3.63) is 18.7 Å². The molecule has 0 fully saturated rings. The standard InChI is InChI=1S/C15H27N3O/c1-4-7-14(18-9-8-16-12-18)10-15(19)17-11-13(5-2)6-3/h8-9,12-14H,4-7,10-11H2,1-3H3,(H,17,19). The minimum Gasteiger partial charge on any atom is -0.356 e. The Labute approximate surface area is 116 Å². The molecular formula is C15H27N3O. The highest BCUT2D eigenvalue weighted by Crippen LogP contribution is 2.17. The van der Waals surface area contributed by atoms with Crippen LogP contribution in [-0.4, -0.2) is 22.0 Å². The van der Waals surface area contributed by atoms with Crippen LogP contribution in [0.1, 0.15) is 58.9 Å². The number of nitrogens with one attached hydrogen (secondary N) is 1. The average Bonchev–Trinajstić information content (AvgIpc) is 2.93. The Hall–Kier alpha value is -1.32. The van der Waals surface area contributed by atoms with E-state index in [0.717, 1.165) is 32.2 Å². The van der Waals surface area contributed by atoms with Crippen molar-refractivity contribution in [2.24, 2.45) is 5.92 Å². The Morgan fingerprint density at radius 1 is 1.32 bits per heavy atom. The molecule has 4 nitrogen and oxygen atoms in total. The van der Waals surface area contributed by atoms with Gasteiger partial charge in [-0.3, -0.25) is 4.79 Å². The molecule has 1 rings (SSSR count). The third kappa shape index (κ3) is 5.45. The lowest BCUT2D eigenvalue weighted by Crippen LogP contribution is -2.30. The third-order valence-corrected chi connectivity index (χ3v) is 3.73. The molecule has 0 aromatic carbocycles. The predicted molar refractivity (Wildman–Crippen MR) is 77.9 cm³/mol. The van der Waals surface area contributed by atoms with E-state index >= 15 is 0 Å². The predicted octanol–water partition coefficient (Wildman–Crippen LogP) is 3.17. The Bertz CT molecular complexity index is 344. The first-order valence-electron chi connectivity index (χ1n) is 7.45. The summed E-state index contributed by atoms with van der Waals surface area (Å²) in [4.78, 5) is 16.1. The Morgan fingerprint density at radius 3 is 2.58 bits per heavy atom. The Balaban J connectivity index is 2.44. The van der Waals surface area contributed by atoms with Gasteiger partial charge < -0.3 is 9.88 Å². The molecule has 0 spiro atoms. The van der Waals surface area contributed by atoms with Crippen molar-refractivity contribution in [3.8, 4) is 0 Å². The number of amides is 1. The number of aromatic nitrogens is 2. The van der Waals surface area contributed by atoms with Crippen molar-refractivity contribution < 1.29 is 4.79 Å². The summed E-state index contributed by atoms with van der Waals surface area (Å²) in [5, 5.41) is 3.06. The Kier molecular flexibility index (Phi) is 7.23. The summed E-state index contributed by atoms with van der Waals surface area (Å²) in [5.41, 5.74) is 0. The molecule has 0 bridgehead atoms. The molecule has 1 heterocycles. The average molecular weight is 265 g/mol. The first kappa shape index (κ1) is 15.7. The summed E-state index contributed by atoms with van der Waals surface area (Å²) in [6.45, 7) is 7.29. The molecular weight excluding hydrogens is 238 g/mol. The van der Waals surface area contributed by atoms with Gasteiger partial charge in [-0.05, 0) is 12.3 Å². The van der Waals surface area contributed by atoms with Crippen LogP contribution < -0.4 is 5.32 Å². The minimum atomic E-state index is 0.152. The molecule has 0 saturated carbocycles. The summed E-state index contributed by atoms with van der Waals surface area (Å²) < 4.78 is 2.04. The first-order valence-corrected chi connectivity index (χ1v) is 7.45. The molecule has 1 aromatic rings. The number of rotatable bonds is 9. The van der Waals surface area contributed by atoms with Crippen molar-refractivity contribution in [2.75, 3.05) is 6.54 Å². The fraction of sp³-hybridized carbons (Fsp3) is 0.733. The fourth-order valence-electron chi connectivity index (χ4n) is 2.30. The van der Waals surface area contributed by atoms with Crippen molar-refractivity contribution in [2.45, 2.75) is 58.9 Å². The number of imidazole rings is 1. The van der Waals surface area contributed by atoms with Gasteiger partial charge in [0.25, 0.3) is 0 Å². The topological polar surface area (TPSA) is 46.9 Å². The summed E-state index contributed by atoms with van der Waals surface area (Å²) in [5.74, 6) is 0.751. The van der Waals surface area contributed by atoms with E-state index in [4.69, 9.17) is 0 Å². The summed E-state index contributed by atoms with van der Waals surface area (Å²) in [6, 6.07) is 0.231. The zero-order valence-electron chi connectivity index (χ0n) is 12.4. The van der Waals surface area contributed by atoms with Gasteiger partial charge in [0, 0.05) is 31.4 Å². The lowest BCUT2D eigenvalue weighted by atomic mass is 10.0. The van der Waals surface area contributed by atoms with E-state index in [1.165, 1.54) is 0 Å². The molecule has 1 unspecified atom stereocenters. The number of carbonyl (C=O) groups is 1. The van der Waals surface area contributed by atoms with Crippen LogP contribution in [0.5, 0.6) is 0 Å². The maximum absolute atomic E-state index is 12.0. The van der Waals surface area contributed by atoms with E-state index in [9.17, 15) is 4.79 Å². The molecule has 19 heavy (non-hydrogen) atoms. The molecule has 1 aromatic heterocycles. The zero-order chi connectivity index (χ0) is 14.1. The van der Waals surface area contributed by atoms with E-state index in [0.29, 0.717) is 12.3 Å². The van der Waals surface area contributed by atoms with Gasteiger partial charge in [-0.2, -0.15) is 0 Å². The maximum atomic E-state index is 12.0. The monoisotopic (exact) mass is 265 g/mol. The highest BCUT2D eigenvalue weighted by atomic mass is 16.1. The molecule has 0 aliphatic carbocycles. The van der Waals surface area contributed by atoms with Crippen molar-refractivity contribution in [1.29, 1.82) is 0 Å². The summed E-state index contributed by atoms with van der Waals surface area (Å²) >= 11 is 0. The van der Waals surface area contributed by atoms with E-state index in [1.54, 1.807) is 12.5 Å². The van der Waals surface area contributed by atoms with Crippen molar-refractivity contribution >= 4 is 5.91 Å². The normalized spacial score (nSPS) is 12.6. The van der Waals surface area contributed by atoms with Crippen LogP contribution in [0.15, 0.2) is 18.7 Å². The van der Waals surface area contributed by atoms with Crippen LogP contribution in [-0.2, 0) is 4.79 Å². The summed E-state index contributed by atoms with van der Waals surface area (Å²) in [6.07, 6.45) is 10.4. The van der Waals surface area contributed by atoms with E-state index in [-0.39, 0.29) is 11.9 Å². The fourth-order valence-corrected chi connectivity index (χ4v) is 2.30. The van der Waals surface area contributed by atoms with Gasteiger partial charge in [0.05, 0.1) is 6.33 Å². The maximum Gasteiger partial charge on any atom is 0.222 e. The second-order valence-corrected chi connectivity index (χ2v) is 5.14. The largest absolute Gasteiger partial charge is 0.356 e. The lowest BCUT2D eigenvalue weighted by molar-refractivity contribution is -0.122. The minimum absolute atomic E-state index is 0.152. The number of hydrogen-bond acceptors (Lipinski definition) is 2. The third-order valence-electron chi connectivity index (χ3n) is 3.73. The van der Waals surface area contributed by atoms with Gasteiger partial charge in [-0.1, -0.05) is 40.0 Å². The molecule has 108 valence electrons. The van der Waals surface area contributed by atoms with Crippen molar-refractivity contribution in [1.82, 2.24) is 14.9 Å². The van der Waals surface area contributed by atoms with Gasteiger partial charge in [0.1, 0.15) is 0 Å². The molecule has 0 saturated heterocycles. The molecule has 0 radical (unpaired) electrons. The van der Waals surface area contributed by atoms with Crippen LogP contribution in [0.25, 0.3) is 0 Å². The van der Waals surface area contributed by atoms with Gasteiger partial charge in [0.15, 0.2) is 0 Å². The molecule has 0 aliphatic rings. The van der Waals surface area contributed by atoms with Gasteiger partial charge >= 0.3 is 0 Å². The van der Waals surface area contributed by atoms with E-state index in [2.05, 4.69) is 31.1 Å². The first-order chi connectivity index (χ1) is 9.21. The van der Waals surface area contributed by atoms with E-state index < -0.39 is 0 Å². The number of hydrogen-bond donors (Lipinski definition) is 1. The molecule has 0 aliphatic heterocycles. The molecule has 1 amide bonds. The van der Waals surface area contributed by atoms with Gasteiger partial charge in [-0.15, -0.1) is 0 Å². The summed E-state index contributed by atoms with van der Waals surface area (Å²) in [7, 11) is 0. The van der Waals surface area contributed by atoms with Crippen LogP contribution in [0.2, 0.25) is 0 Å². The van der Waals surface area contributed by atoms with E-state index in [1.807, 2.05) is 10.8 Å². The lowest BCUT2D eigenvalue weighted by Gasteiger charge is -2.19. The van der Waals surface area contributed by atoms with Crippen LogP contribution in [0, 0.1) is 5.92 Å². The van der Waals surface area contributed by atoms with Gasteiger partial charge in [0.2, 0.25) is 5.91 Å². The second-order valence-electron chi connectivity index (χ2n) is 5.14. The Morgan fingerprint density at radius 2 is 2.05 bits per heavy atom. The SMILES string of the molecule is CCCC(CC(=O)NCC(CC)CC)n1ccnc1. The number of carbonyl (C=O) groups excluding carboxylic acids is 1. The van der Waals surface area contributed by atoms with Crippen LogP contribution in [0.3, 0.4) is 0 Å². The molecule has 4 heteroatoms. The van der Waals surface area contributed by atoms with Crippen LogP contribution in [0.4, 0.5) is 0 Å². The second kappa shape index (κ2) is 8.73. The number of nitrogens with zero attached hydrogens (tertiary/aromatic N) is 2. The molecule has 1 atom stereocenters. The van der Waals surface area contributed by atoms with Crippen molar-refractivity contribution in [3.63, 3.8) is 0 Å².